The van der Waals surface area contributed by atoms with E-state index in [4.69, 9.17) is 0 Å². The molecule has 0 bridgehead atoms. The molecule has 2 aromatic rings. The monoisotopic (exact) mass is 398 g/mol. The van der Waals surface area contributed by atoms with Crippen LogP contribution in [-0.2, 0) is 27.7 Å². The smallest absolute Gasteiger partial charge is 0.252 e. The number of thiophene rings is 2. The molecule has 136 valence electrons. The lowest BCUT2D eigenvalue weighted by atomic mass is 10.1. The first-order chi connectivity index (χ1) is 11.9. The van der Waals surface area contributed by atoms with E-state index in [1.165, 1.54) is 21.2 Å². The third-order valence-corrected chi connectivity index (χ3v) is 8.34. The molecule has 1 aliphatic heterocycles. The minimum absolute atomic E-state index is 0.0508. The van der Waals surface area contributed by atoms with Crippen molar-refractivity contribution in [3.05, 3.63) is 39.4 Å². The van der Waals surface area contributed by atoms with Crippen LogP contribution >= 0.6 is 22.7 Å². The van der Waals surface area contributed by atoms with Crippen molar-refractivity contribution in [1.29, 1.82) is 0 Å². The van der Waals surface area contributed by atoms with E-state index in [0.717, 1.165) is 24.1 Å². The van der Waals surface area contributed by atoms with E-state index < -0.39 is 10.0 Å². The summed E-state index contributed by atoms with van der Waals surface area (Å²) < 4.78 is 26.9. The second-order valence-electron chi connectivity index (χ2n) is 6.31. The maximum Gasteiger partial charge on any atom is 0.252 e. The average molecular weight is 399 g/mol. The Bertz CT molecular complexity index is 806. The van der Waals surface area contributed by atoms with Gasteiger partial charge in [0.15, 0.2) is 0 Å². The Morgan fingerprint density at radius 3 is 2.72 bits per heavy atom. The second-order valence-corrected chi connectivity index (χ2v) is 10.4. The van der Waals surface area contributed by atoms with Gasteiger partial charge in [0, 0.05) is 24.0 Å². The first kappa shape index (κ1) is 18.6. The summed E-state index contributed by atoms with van der Waals surface area (Å²) in [6, 6.07) is 5.48. The van der Waals surface area contributed by atoms with Gasteiger partial charge in [-0.15, -0.1) is 11.3 Å². The van der Waals surface area contributed by atoms with Gasteiger partial charge >= 0.3 is 0 Å². The molecule has 1 unspecified atom stereocenters. The zero-order valence-corrected chi connectivity index (χ0v) is 16.6. The summed E-state index contributed by atoms with van der Waals surface area (Å²) in [5, 5.41) is 7.09. The topological polar surface area (TPSA) is 66.5 Å². The highest BCUT2D eigenvalue weighted by atomic mass is 32.2. The van der Waals surface area contributed by atoms with Crippen molar-refractivity contribution in [3.8, 4) is 0 Å². The van der Waals surface area contributed by atoms with Crippen LogP contribution in [0.4, 0.5) is 0 Å². The summed E-state index contributed by atoms with van der Waals surface area (Å²) in [6.07, 6.45) is 2.85. The van der Waals surface area contributed by atoms with Crippen LogP contribution in [-0.4, -0.2) is 37.8 Å². The van der Waals surface area contributed by atoms with Crippen LogP contribution in [0.3, 0.4) is 0 Å². The summed E-state index contributed by atoms with van der Waals surface area (Å²) in [7, 11) is -3.39. The number of sulfonamides is 1. The van der Waals surface area contributed by atoms with Gasteiger partial charge in [-0.25, -0.2) is 8.42 Å². The summed E-state index contributed by atoms with van der Waals surface area (Å²) in [5.74, 6) is -0.0744. The molecule has 3 rings (SSSR count). The van der Waals surface area contributed by atoms with Crippen LogP contribution in [0.5, 0.6) is 0 Å². The zero-order chi connectivity index (χ0) is 17.9. The molecule has 3 heterocycles. The van der Waals surface area contributed by atoms with Crippen molar-refractivity contribution in [2.45, 2.75) is 42.9 Å². The fourth-order valence-electron chi connectivity index (χ4n) is 2.95. The molecular formula is C17H22N2O3S3. The van der Waals surface area contributed by atoms with Gasteiger partial charge in [-0.2, -0.15) is 15.6 Å². The quantitative estimate of drug-likeness (QED) is 0.780. The highest BCUT2D eigenvalue weighted by molar-refractivity contribution is 7.91. The van der Waals surface area contributed by atoms with Gasteiger partial charge in [0.05, 0.1) is 6.42 Å². The van der Waals surface area contributed by atoms with Crippen LogP contribution in [0.25, 0.3) is 0 Å². The number of carbonyl (C=O) groups excluding carboxylic acids is 1. The summed E-state index contributed by atoms with van der Waals surface area (Å²) in [6.45, 7) is 3.17. The molecule has 0 aliphatic carbocycles. The minimum atomic E-state index is -3.39. The van der Waals surface area contributed by atoms with Crippen LogP contribution in [0.1, 0.15) is 30.2 Å². The predicted octanol–water partition coefficient (Wildman–Crippen LogP) is 2.88. The molecule has 1 saturated heterocycles. The maximum atomic E-state index is 12.5. The molecule has 1 fully saturated rings. The van der Waals surface area contributed by atoms with Crippen molar-refractivity contribution in [1.82, 2.24) is 9.62 Å². The minimum Gasteiger partial charge on any atom is -0.353 e. The van der Waals surface area contributed by atoms with Gasteiger partial charge in [-0.1, -0.05) is 0 Å². The van der Waals surface area contributed by atoms with Crippen LogP contribution < -0.4 is 5.32 Å². The molecule has 1 aliphatic rings. The van der Waals surface area contributed by atoms with Gasteiger partial charge in [-0.05, 0) is 60.7 Å². The van der Waals surface area contributed by atoms with Gasteiger partial charge in [-0.3, -0.25) is 4.79 Å². The third kappa shape index (κ3) is 4.69. The maximum absolute atomic E-state index is 12.5. The molecule has 0 saturated carbocycles. The van der Waals surface area contributed by atoms with E-state index in [0.29, 0.717) is 17.3 Å². The SMILES string of the molecule is CC(Cc1ccsc1)NC(=O)Cc1ccc(S(=O)(=O)N2CCCC2)s1. The van der Waals surface area contributed by atoms with Crippen molar-refractivity contribution in [2.24, 2.45) is 0 Å². The van der Waals surface area contributed by atoms with E-state index in [1.54, 1.807) is 23.5 Å². The molecular weight excluding hydrogens is 376 g/mol. The Balaban J connectivity index is 1.56. The first-order valence-corrected chi connectivity index (χ1v) is 11.5. The third-order valence-electron chi connectivity index (χ3n) is 4.16. The summed E-state index contributed by atoms with van der Waals surface area (Å²) in [4.78, 5) is 13.0. The molecule has 8 heteroatoms. The number of rotatable bonds is 7. The lowest BCUT2D eigenvalue weighted by Crippen LogP contribution is -2.34. The molecule has 1 N–H and O–H groups in total. The lowest BCUT2D eigenvalue weighted by molar-refractivity contribution is -0.120. The second kappa shape index (κ2) is 7.99. The molecule has 0 radical (unpaired) electrons. The summed E-state index contributed by atoms with van der Waals surface area (Å²) in [5.41, 5.74) is 1.22. The number of amides is 1. The Morgan fingerprint density at radius 1 is 1.28 bits per heavy atom. The number of hydrogen-bond donors (Lipinski definition) is 1. The van der Waals surface area contributed by atoms with E-state index in [1.807, 2.05) is 12.3 Å². The fraction of sp³-hybridized carbons (Fsp3) is 0.471. The van der Waals surface area contributed by atoms with Crippen LogP contribution in [0.15, 0.2) is 33.2 Å². The van der Waals surface area contributed by atoms with Crippen molar-refractivity contribution < 1.29 is 13.2 Å². The Labute approximate surface area is 156 Å². The van der Waals surface area contributed by atoms with Gasteiger partial charge in [0.2, 0.25) is 5.91 Å². The number of nitrogens with one attached hydrogen (secondary N) is 1. The molecule has 0 spiro atoms. The molecule has 5 nitrogen and oxygen atoms in total. The highest BCUT2D eigenvalue weighted by Crippen LogP contribution is 2.27. The number of hydrogen-bond acceptors (Lipinski definition) is 5. The summed E-state index contributed by atoms with van der Waals surface area (Å²) >= 11 is 2.85. The Hall–Kier alpha value is -1.22. The normalized spacial score (nSPS) is 16.8. The van der Waals surface area contributed by atoms with E-state index >= 15 is 0 Å². The zero-order valence-electron chi connectivity index (χ0n) is 14.1. The molecule has 2 aromatic heterocycles. The van der Waals surface area contributed by atoms with Gasteiger partial charge in [0.1, 0.15) is 4.21 Å². The van der Waals surface area contributed by atoms with Gasteiger partial charge in [0.25, 0.3) is 10.0 Å². The molecule has 25 heavy (non-hydrogen) atoms. The fourth-order valence-corrected chi connectivity index (χ4v) is 6.65. The largest absolute Gasteiger partial charge is 0.353 e. The highest BCUT2D eigenvalue weighted by Gasteiger charge is 2.28. The van der Waals surface area contributed by atoms with E-state index in [9.17, 15) is 13.2 Å². The number of nitrogens with zero attached hydrogens (tertiary/aromatic N) is 1. The van der Waals surface area contributed by atoms with E-state index in [2.05, 4.69) is 16.8 Å². The Morgan fingerprint density at radius 2 is 2.04 bits per heavy atom. The average Bonchev–Trinajstić information content (AvgIpc) is 3.29. The van der Waals surface area contributed by atoms with Gasteiger partial charge < -0.3 is 5.32 Å². The van der Waals surface area contributed by atoms with Crippen molar-refractivity contribution in [2.75, 3.05) is 13.1 Å². The van der Waals surface area contributed by atoms with E-state index in [-0.39, 0.29) is 18.4 Å². The van der Waals surface area contributed by atoms with Crippen LogP contribution in [0, 0.1) is 0 Å². The molecule has 1 atom stereocenters. The van der Waals surface area contributed by atoms with Crippen molar-refractivity contribution in [3.63, 3.8) is 0 Å². The number of carbonyl (C=O) groups is 1. The standard InChI is InChI=1S/C17H22N2O3S3/c1-13(10-14-6-9-23-12-14)18-16(20)11-15-4-5-17(24-15)25(21,22)19-7-2-3-8-19/h4-6,9,12-13H,2-3,7-8,10-11H2,1H3,(H,18,20). The first-order valence-electron chi connectivity index (χ1n) is 8.34. The lowest BCUT2D eigenvalue weighted by Gasteiger charge is -2.13. The van der Waals surface area contributed by atoms with Crippen LogP contribution in [0.2, 0.25) is 0 Å². The Kier molecular flexibility index (Phi) is 5.93. The predicted molar refractivity (Wildman–Crippen MR) is 102 cm³/mol. The van der Waals surface area contributed by atoms with Crippen molar-refractivity contribution >= 4 is 38.6 Å². The molecule has 0 aromatic carbocycles. The molecule has 1 amide bonds.